The molecule has 0 amide bonds. The molecule has 0 spiro atoms. The minimum atomic E-state index is -4.64. The Bertz CT molecular complexity index is 302. The van der Waals surface area contributed by atoms with Crippen LogP contribution in [-0.2, 0) is 18.7 Å². The summed E-state index contributed by atoms with van der Waals surface area (Å²) in [5.74, 6) is -0.312. The molecule has 0 fully saturated rings. The molecule has 0 aliphatic rings. The van der Waals surface area contributed by atoms with Gasteiger partial charge in [-0.2, -0.15) is 0 Å². The molecule has 110 valence electrons. The van der Waals surface area contributed by atoms with E-state index in [4.69, 9.17) is 38.5 Å². The Morgan fingerprint density at radius 3 is 1.33 bits per heavy atom. The Hall–Kier alpha value is -0.570. The van der Waals surface area contributed by atoms with Crippen molar-refractivity contribution in [1.29, 1.82) is 0 Å². The van der Waals surface area contributed by atoms with Crippen LogP contribution < -0.4 is 0 Å². The first-order valence-electron chi connectivity index (χ1n) is 4.07. The first-order chi connectivity index (χ1) is 7.68. The van der Waals surface area contributed by atoms with Gasteiger partial charge in [0.05, 0.1) is 6.61 Å². The lowest BCUT2D eigenvalue weighted by atomic mass is 10.4. The summed E-state index contributed by atoms with van der Waals surface area (Å²) < 4.78 is 22.3. The van der Waals surface area contributed by atoms with Gasteiger partial charge >= 0.3 is 21.6 Å². The van der Waals surface area contributed by atoms with E-state index in [1.54, 1.807) is 13.8 Å². The van der Waals surface area contributed by atoms with Gasteiger partial charge in [0.1, 0.15) is 0 Å². The fourth-order valence-electron chi connectivity index (χ4n) is 0.254. The molecule has 6 N–H and O–H groups in total. The van der Waals surface area contributed by atoms with Gasteiger partial charge in [-0.05, 0) is 13.8 Å². The first kappa shape index (κ1) is 22.6. The topological polar surface area (TPSA) is 182 Å². The Balaban J connectivity index is -0.000000197. The van der Waals surface area contributed by atoms with Gasteiger partial charge in [0.15, 0.2) is 0 Å². The molecule has 0 aliphatic carbocycles. The Kier molecular flexibility index (Phi) is 13.0. The standard InChI is InChI=1S/C6H10O2.2H3O4P/c1-4-8-6(7)5(2)3;2*1-5(2,3)4/h2,4H2,1,3H3;2*(H3,1,2,3,4). The average Bonchev–Trinajstić information content (AvgIpc) is 1.97. The van der Waals surface area contributed by atoms with Crippen LogP contribution in [0, 0.1) is 0 Å². The van der Waals surface area contributed by atoms with Gasteiger partial charge in [0, 0.05) is 5.57 Å². The Morgan fingerprint density at radius 1 is 1.06 bits per heavy atom. The van der Waals surface area contributed by atoms with E-state index in [1.807, 2.05) is 0 Å². The molecule has 0 saturated heterocycles. The average molecular weight is 310 g/mol. The summed E-state index contributed by atoms with van der Waals surface area (Å²) in [5.41, 5.74) is 0.451. The van der Waals surface area contributed by atoms with Gasteiger partial charge in [-0.3, -0.25) is 0 Å². The lowest BCUT2D eigenvalue weighted by Crippen LogP contribution is -2.03. The molecular formula is C6H16O10P2. The third-order valence-electron chi connectivity index (χ3n) is 0.624. The summed E-state index contributed by atoms with van der Waals surface area (Å²) in [4.78, 5) is 53.5. The molecule has 0 aliphatic heterocycles. The van der Waals surface area contributed by atoms with E-state index in [-0.39, 0.29) is 5.97 Å². The molecule has 18 heavy (non-hydrogen) atoms. The van der Waals surface area contributed by atoms with Gasteiger partial charge in [-0.25, -0.2) is 13.9 Å². The smallest absolute Gasteiger partial charge is 0.463 e. The van der Waals surface area contributed by atoms with Crippen molar-refractivity contribution in [3.05, 3.63) is 12.2 Å². The highest BCUT2D eigenvalue weighted by atomic mass is 31.2. The summed E-state index contributed by atoms with van der Waals surface area (Å²) in [6.45, 7) is 7.21. The van der Waals surface area contributed by atoms with E-state index >= 15 is 0 Å². The predicted octanol–water partition coefficient (Wildman–Crippen LogP) is -0.732. The largest absolute Gasteiger partial charge is 0.466 e. The Labute approximate surface area is 103 Å². The van der Waals surface area contributed by atoms with E-state index in [2.05, 4.69) is 11.3 Å². The summed E-state index contributed by atoms with van der Waals surface area (Å²) in [6, 6.07) is 0. The maximum atomic E-state index is 10.4. The van der Waals surface area contributed by atoms with Gasteiger partial charge in [-0.1, -0.05) is 6.58 Å². The number of phosphoric acid groups is 2. The molecule has 0 unspecified atom stereocenters. The minimum absolute atomic E-state index is 0.312. The normalized spacial score (nSPS) is 10.2. The zero-order valence-electron chi connectivity index (χ0n) is 9.62. The quantitative estimate of drug-likeness (QED) is 0.216. The van der Waals surface area contributed by atoms with E-state index < -0.39 is 15.6 Å². The second-order valence-corrected chi connectivity index (χ2v) is 4.58. The van der Waals surface area contributed by atoms with Crippen molar-refractivity contribution in [1.82, 2.24) is 0 Å². The first-order valence-corrected chi connectivity index (χ1v) is 7.20. The van der Waals surface area contributed by atoms with Crippen LogP contribution in [0.5, 0.6) is 0 Å². The van der Waals surface area contributed by atoms with Gasteiger partial charge < -0.3 is 34.1 Å². The fourth-order valence-corrected chi connectivity index (χ4v) is 0.254. The molecule has 0 bridgehead atoms. The second-order valence-electron chi connectivity index (χ2n) is 2.53. The third kappa shape index (κ3) is 77.7. The van der Waals surface area contributed by atoms with E-state index in [0.29, 0.717) is 12.2 Å². The van der Waals surface area contributed by atoms with Crippen LogP contribution in [0.15, 0.2) is 12.2 Å². The second kappa shape index (κ2) is 10.4. The molecule has 12 heteroatoms. The van der Waals surface area contributed by atoms with Crippen molar-refractivity contribution < 1.29 is 48.0 Å². The van der Waals surface area contributed by atoms with E-state index in [0.717, 1.165) is 0 Å². The van der Waals surface area contributed by atoms with Gasteiger partial charge in [0.25, 0.3) is 0 Å². The molecule has 0 radical (unpaired) electrons. The summed E-state index contributed by atoms with van der Waals surface area (Å²) in [5, 5.41) is 0. The SMILES string of the molecule is C=C(C)C(=O)OCC.O=P(O)(O)O.O=P(O)(O)O. The molecule has 0 aromatic rings. The van der Waals surface area contributed by atoms with Gasteiger partial charge in [-0.15, -0.1) is 0 Å². The van der Waals surface area contributed by atoms with Crippen molar-refractivity contribution in [3.8, 4) is 0 Å². The maximum Gasteiger partial charge on any atom is 0.466 e. The molecule has 0 saturated carbocycles. The minimum Gasteiger partial charge on any atom is -0.463 e. The zero-order valence-corrected chi connectivity index (χ0v) is 11.4. The number of hydrogen-bond acceptors (Lipinski definition) is 4. The van der Waals surface area contributed by atoms with E-state index in [9.17, 15) is 4.79 Å². The molecule has 0 heterocycles. The van der Waals surface area contributed by atoms with Crippen LogP contribution in [0.1, 0.15) is 13.8 Å². The number of hydrogen-bond donors (Lipinski definition) is 6. The van der Waals surface area contributed by atoms with Crippen molar-refractivity contribution >= 4 is 21.6 Å². The maximum absolute atomic E-state index is 10.4. The Morgan fingerprint density at radius 2 is 1.28 bits per heavy atom. The van der Waals surface area contributed by atoms with Crippen LogP contribution in [0.2, 0.25) is 0 Å². The van der Waals surface area contributed by atoms with Crippen LogP contribution in [0.25, 0.3) is 0 Å². The number of ether oxygens (including phenoxy) is 1. The van der Waals surface area contributed by atoms with Crippen molar-refractivity contribution in [2.24, 2.45) is 0 Å². The molecular weight excluding hydrogens is 294 g/mol. The number of esters is 1. The highest BCUT2D eigenvalue weighted by molar-refractivity contribution is 7.45. The highest BCUT2D eigenvalue weighted by Gasteiger charge is 2.00. The molecule has 0 aromatic heterocycles. The zero-order chi connectivity index (χ0) is 15.6. The summed E-state index contributed by atoms with van der Waals surface area (Å²) >= 11 is 0. The lowest BCUT2D eigenvalue weighted by Gasteiger charge is -1.96. The molecule has 10 nitrogen and oxygen atoms in total. The summed E-state index contributed by atoms with van der Waals surface area (Å²) in [6.07, 6.45) is 0. The molecule has 0 atom stereocenters. The predicted molar refractivity (Wildman–Crippen MR) is 60.0 cm³/mol. The number of rotatable bonds is 2. The number of carbonyl (C=O) groups is 1. The van der Waals surface area contributed by atoms with Crippen molar-refractivity contribution in [2.45, 2.75) is 13.8 Å². The third-order valence-corrected chi connectivity index (χ3v) is 0.624. The summed E-state index contributed by atoms with van der Waals surface area (Å²) in [7, 11) is -9.28. The highest BCUT2D eigenvalue weighted by Crippen LogP contribution is 2.26. The molecule has 0 aromatic carbocycles. The van der Waals surface area contributed by atoms with Crippen LogP contribution in [-0.4, -0.2) is 41.9 Å². The van der Waals surface area contributed by atoms with Crippen LogP contribution in [0.3, 0.4) is 0 Å². The number of carbonyl (C=O) groups excluding carboxylic acids is 1. The monoisotopic (exact) mass is 310 g/mol. The van der Waals surface area contributed by atoms with Crippen molar-refractivity contribution in [3.63, 3.8) is 0 Å². The van der Waals surface area contributed by atoms with E-state index in [1.165, 1.54) is 0 Å². The van der Waals surface area contributed by atoms with Crippen molar-refractivity contribution in [2.75, 3.05) is 6.61 Å². The fraction of sp³-hybridized carbons (Fsp3) is 0.500. The van der Waals surface area contributed by atoms with Crippen LogP contribution >= 0.6 is 15.6 Å². The van der Waals surface area contributed by atoms with Gasteiger partial charge in [0.2, 0.25) is 0 Å². The van der Waals surface area contributed by atoms with Crippen LogP contribution in [0.4, 0.5) is 0 Å². The lowest BCUT2D eigenvalue weighted by molar-refractivity contribution is -0.138. The molecule has 0 rings (SSSR count).